The molecule has 1 aliphatic heterocycles. The second-order valence-electron chi connectivity index (χ2n) is 5.13. The summed E-state index contributed by atoms with van der Waals surface area (Å²) >= 11 is 0. The van der Waals surface area contributed by atoms with Crippen molar-refractivity contribution in [3.05, 3.63) is 29.6 Å². The average Bonchev–Trinajstić information content (AvgIpc) is 2.38. The molecule has 0 bridgehead atoms. The molecule has 1 heterocycles. The van der Waals surface area contributed by atoms with Gasteiger partial charge in [0.05, 0.1) is 16.9 Å². The van der Waals surface area contributed by atoms with E-state index in [4.69, 9.17) is 9.84 Å². The molecule has 0 amide bonds. The summed E-state index contributed by atoms with van der Waals surface area (Å²) < 4.78 is 19.1. The third kappa shape index (κ3) is 3.08. The zero-order valence-electron chi connectivity index (χ0n) is 11.3. The van der Waals surface area contributed by atoms with Gasteiger partial charge >= 0.3 is 5.97 Å². The maximum Gasteiger partial charge on any atom is 0.337 e. The highest BCUT2D eigenvalue weighted by Gasteiger charge is 2.32. The van der Waals surface area contributed by atoms with Crippen LogP contribution in [0.2, 0.25) is 0 Å². The Labute approximate surface area is 116 Å². The molecule has 1 aromatic carbocycles. The molecule has 0 spiro atoms. The smallest absolute Gasteiger partial charge is 0.337 e. The van der Waals surface area contributed by atoms with Crippen LogP contribution in [0.3, 0.4) is 0 Å². The maximum absolute atomic E-state index is 13.9. The first kappa shape index (κ1) is 14.7. The van der Waals surface area contributed by atoms with Crippen LogP contribution in [0, 0.1) is 5.82 Å². The van der Waals surface area contributed by atoms with E-state index in [0.29, 0.717) is 26.1 Å². The number of hydrogen-bond acceptors (Lipinski definition) is 4. The lowest BCUT2D eigenvalue weighted by molar-refractivity contribution is -0.0573. The summed E-state index contributed by atoms with van der Waals surface area (Å²) in [6.45, 7) is 1.07. The van der Waals surface area contributed by atoms with Gasteiger partial charge in [-0.2, -0.15) is 0 Å². The lowest BCUT2D eigenvalue weighted by atomic mass is 9.93. The van der Waals surface area contributed by atoms with Crippen LogP contribution in [0.5, 0.6) is 0 Å². The molecular weight excluding hydrogens is 265 g/mol. The van der Waals surface area contributed by atoms with Crippen molar-refractivity contribution in [1.29, 1.82) is 0 Å². The number of aliphatic hydroxyl groups is 1. The number of nitrogens with zero attached hydrogens (tertiary/aromatic N) is 1. The lowest BCUT2D eigenvalue weighted by Crippen LogP contribution is -2.46. The Morgan fingerprint density at radius 1 is 1.45 bits per heavy atom. The van der Waals surface area contributed by atoms with Crippen LogP contribution < -0.4 is 4.90 Å². The number of carbonyl (C=O) groups is 1. The van der Waals surface area contributed by atoms with Crippen molar-refractivity contribution >= 4 is 11.7 Å². The van der Waals surface area contributed by atoms with E-state index >= 15 is 0 Å². The molecule has 110 valence electrons. The monoisotopic (exact) mass is 283 g/mol. The quantitative estimate of drug-likeness (QED) is 0.876. The summed E-state index contributed by atoms with van der Waals surface area (Å²) in [6.07, 6.45) is 0.905. The Bertz CT molecular complexity index is 500. The molecule has 0 saturated carbocycles. The molecule has 0 atom stereocenters. The summed E-state index contributed by atoms with van der Waals surface area (Å²) in [4.78, 5) is 12.6. The molecule has 0 radical (unpaired) electrons. The molecule has 2 rings (SSSR count). The normalized spacial score (nSPS) is 17.8. The van der Waals surface area contributed by atoms with E-state index in [9.17, 15) is 14.3 Å². The second kappa shape index (κ2) is 5.76. The van der Waals surface area contributed by atoms with Gasteiger partial charge in [-0.15, -0.1) is 0 Å². The van der Waals surface area contributed by atoms with E-state index in [1.165, 1.54) is 23.1 Å². The van der Waals surface area contributed by atoms with Gasteiger partial charge in [-0.05, 0) is 12.1 Å². The Morgan fingerprint density at radius 2 is 2.10 bits per heavy atom. The van der Waals surface area contributed by atoms with Gasteiger partial charge < -0.3 is 19.8 Å². The lowest BCUT2D eigenvalue weighted by Gasteiger charge is -2.36. The first-order valence-electron chi connectivity index (χ1n) is 6.46. The summed E-state index contributed by atoms with van der Waals surface area (Å²) in [5.74, 6) is -1.80. The van der Waals surface area contributed by atoms with Crippen LogP contribution in [0.15, 0.2) is 18.2 Å². The van der Waals surface area contributed by atoms with Crippen molar-refractivity contribution in [2.24, 2.45) is 0 Å². The van der Waals surface area contributed by atoms with Crippen LogP contribution in [-0.4, -0.2) is 48.6 Å². The van der Waals surface area contributed by atoms with Gasteiger partial charge in [0.25, 0.3) is 0 Å². The molecule has 5 nitrogen and oxygen atoms in total. The number of aromatic carboxylic acids is 1. The summed E-state index contributed by atoms with van der Waals surface area (Å²) in [5, 5.41) is 19.6. The highest BCUT2D eigenvalue weighted by Crippen LogP contribution is 2.28. The van der Waals surface area contributed by atoms with Crippen molar-refractivity contribution in [3.63, 3.8) is 0 Å². The van der Waals surface area contributed by atoms with Crippen molar-refractivity contribution in [2.45, 2.75) is 18.4 Å². The van der Waals surface area contributed by atoms with E-state index in [0.717, 1.165) is 0 Å². The second-order valence-corrected chi connectivity index (χ2v) is 5.13. The van der Waals surface area contributed by atoms with Gasteiger partial charge in [-0.3, -0.25) is 0 Å². The molecule has 0 aliphatic carbocycles. The van der Waals surface area contributed by atoms with E-state index in [1.54, 1.807) is 7.05 Å². The number of halogens is 1. The Morgan fingerprint density at radius 3 is 2.70 bits per heavy atom. The number of ether oxygens (including phenoxy) is 1. The number of carboxylic acid groups (broad SMARTS) is 1. The first-order valence-corrected chi connectivity index (χ1v) is 6.46. The molecule has 0 unspecified atom stereocenters. The van der Waals surface area contributed by atoms with Gasteiger partial charge in [-0.1, -0.05) is 6.07 Å². The number of hydrogen-bond donors (Lipinski definition) is 2. The highest BCUT2D eigenvalue weighted by atomic mass is 19.1. The number of carboxylic acids is 1. The van der Waals surface area contributed by atoms with Gasteiger partial charge in [0.1, 0.15) is 5.82 Å². The summed E-state index contributed by atoms with van der Waals surface area (Å²) in [6, 6.07) is 3.93. The van der Waals surface area contributed by atoms with E-state index in [1.807, 2.05) is 0 Å². The molecule has 1 aliphatic rings. The number of rotatable bonds is 4. The maximum atomic E-state index is 13.9. The fraction of sp³-hybridized carbons (Fsp3) is 0.500. The standard InChI is InChI=1S/C14H18FNO4/c1-16(9-14(19)5-7-20-8-6-14)12-10(13(17)18)3-2-4-11(12)15/h2-4,19H,5-9H2,1H3,(H,17,18). The molecular formula is C14H18FNO4. The molecule has 1 fully saturated rings. The average molecular weight is 283 g/mol. The fourth-order valence-corrected chi connectivity index (χ4v) is 2.51. The van der Waals surface area contributed by atoms with Gasteiger partial charge in [0.15, 0.2) is 0 Å². The zero-order chi connectivity index (χ0) is 14.8. The zero-order valence-corrected chi connectivity index (χ0v) is 11.3. The molecule has 20 heavy (non-hydrogen) atoms. The van der Waals surface area contributed by atoms with E-state index in [-0.39, 0.29) is 17.8 Å². The topological polar surface area (TPSA) is 70.0 Å². The molecule has 2 N–H and O–H groups in total. The number of para-hydroxylation sites is 1. The molecule has 6 heteroatoms. The SMILES string of the molecule is CN(CC1(O)CCOCC1)c1c(F)cccc1C(=O)O. The van der Waals surface area contributed by atoms with Crippen LogP contribution >= 0.6 is 0 Å². The largest absolute Gasteiger partial charge is 0.478 e. The van der Waals surface area contributed by atoms with Gasteiger partial charge in [0.2, 0.25) is 0 Å². The number of likely N-dealkylation sites (N-methyl/N-ethyl adjacent to an activating group) is 1. The Kier molecular flexibility index (Phi) is 4.25. The van der Waals surface area contributed by atoms with Crippen molar-refractivity contribution in [2.75, 3.05) is 31.7 Å². The number of benzene rings is 1. The third-order valence-corrected chi connectivity index (χ3v) is 3.55. The van der Waals surface area contributed by atoms with Crippen molar-refractivity contribution in [3.8, 4) is 0 Å². The molecule has 0 aromatic heterocycles. The van der Waals surface area contributed by atoms with E-state index in [2.05, 4.69) is 0 Å². The van der Waals surface area contributed by atoms with Crippen LogP contribution in [0.25, 0.3) is 0 Å². The molecule has 1 saturated heterocycles. The first-order chi connectivity index (χ1) is 9.43. The third-order valence-electron chi connectivity index (χ3n) is 3.55. The van der Waals surface area contributed by atoms with Crippen LogP contribution in [0.1, 0.15) is 23.2 Å². The minimum atomic E-state index is -1.19. The van der Waals surface area contributed by atoms with Crippen molar-refractivity contribution < 1.29 is 24.1 Å². The summed E-state index contributed by atoms with van der Waals surface area (Å²) in [5.41, 5.74) is -1.09. The Balaban J connectivity index is 2.24. The van der Waals surface area contributed by atoms with Crippen LogP contribution in [-0.2, 0) is 4.74 Å². The van der Waals surface area contributed by atoms with Gasteiger partial charge in [-0.25, -0.2) is 9.18 Å². The predicted molar refractivity (Wildman–Crippen MR) is 71.6 cm³/mol. The Hall–Kier alpha value is -1.66. The molecule has 1 aromatic rings. The fourth-order valence-electron chi connectivity index (χ4n) is 2.51. The number of anilines is 1. The minimum absolute atomic E-state index is 0.0000770. The summed E-state index contributed by atoms with van der Waals surface area (Å²) in [7, 11) is 1.58. The van der Waals surface area contributed by atoms with Crippen molar-refractivity contribution in [1.82, 2.24) is 0 Å². The van der Waals surface area contributed by atoms with Crippen LogP contribution in [0.4, 0.5) is 10.1 Å². The van der Waals surface area contributed by atoms with E-state index < -0.39 is 17.4 Å². The highest BCUT2D eigenvalue weighted by molar-refractivity contribution is 5.94. The predicted octanol–water partition coefficient (Wildman–Crippen LogP) is 1.50. The van der Waals surface area contributed by atoms with Gasteiger partial charge in [0, 0.05) is 39.6 Å². The minimum Gasteiger partial charge on any atom is -0.478 e.